The van der Waals surface area contributed by atoms with Gasteiger partial charge >= 0.3 is 5.97 Å². The van der Waals surface area contributed by atoms with Crippen LogP contribution < -0.4 is 15.8 Å². The zero-order valence-corrected chi connectivity index (χ0v) is 15.2. The number of ether oxygens (including phenoxy) is 2. The summed E-state index contributed by atoms with van der Waals surface area (Å²) in [6.07, 6.45) is 0. The van der Waals surface area contributed by atoms with Crippen LogP contribution in [-0.2, 0) is 11.3 Å². The molecule has 3 aromatic rings. The van der Waals surface area contributed by atoms with E-state index in [4.69, 9.17) is 26.8 Å². The van der Waals surface area contributed by atoms with Crippen LogP contribution in [0.25, 0.3) is 0 Å². The van der Waals surface area contributed by atoms with Gasteiger partial charge in [0.2, 0.25) is 11.9 Å². The molecule has 0 bridgehead atoms. The molecule has 0 aliphatic rings. The molecular weight excluding hydrogens is 378 g/mol. The number of esters is 1. The van der Waals surface area contributed by atoms with Crippen molar-refractivity contribution < 1.29 is 14.3 Å². The maximum atomic E-state index is 12.0. The second kappa shape index (κ2) is 7.98. The molecular formula is C16H14ClN5O3S. The molecule has 134 valence electrons. The maximum Gasteiger partial charge on any atom is 0.348 e. The Morgan fingerprint density at radius 2 is 2.04 bits per heavy atom. The van der Waals surface area contributed by atoms with Gasteiger partial charge in [0, 0.05) is 0 Å². The largest absolute Gasteiger partial charge is 0.495 e. The van der Waals surface area contributed by atoms with E-state index in [1.807, 2.05) is 12.1 Å². The topological polar surface area (TPSA) is 112 Å². The molecule has 10 heteroatoms. The van der Waals surface area contributed by atoms with E-state index in [0.717, 1.165) is 11.3 Å². The van der Waals surface area contributed by atoms with Crippen LogP contribution >= 0.6 is 22.9 Å². The number of nitrogen functional groups attached to an aromatic ring is 1. The van der Waals surface area contributed by atoms with Gasteiger partial charge in [0.1, 0.15) is 10.6 Å². The maximum absolute atomic E-state index is 12.0. The van der Waals surface area contributed by atoms with E-state index in [-0.39, 0.29) is 24.3 Å². The summed E-state index contributed by atoms with van der Waals surface area (Å²) in [5.41, 5.74) is 6.38. The Kier molecular flexibility index (Phi) is 5.49. The second-order valence-electron chi connectivity index (χ2n) is 4.94. The first kappa shape index (κ1) is 17.9. The van der Waals surface area contributed by atoms with E-state index in [2.05, 4.69) is 20.3 Å². The van der Waals surface area contributed by atoms with E-state index in [0.29, 0.717) is 20.7 Å². The molecule has 0 saturated carbocycles. The molecule has 0 aliphatic heterocycles. The zero-order chi connectivity index (χ0) is 18.5. The third-order valence-electron chi connectivity index (χ3n) is 3.16. The SMILES string of the molecule is COc1ccccc1Nc1nc(N)nc(COC(=O)c2ccc(Cl)s2)n1. The fraction of sp³-hybridized carbons (Fsp3) is 0.125. The molecule has 0 spiro atoms. The number of rotatable bonds is 6. The number of methoxy groups -OCH3 is 1. The average molecular weight is 392 g/mol. The standard InChI is InChI=1S/C16H14ClN5O3S/c1-24-10-5-3-2-4-9(10)19-16-21-13(20-15(18)22-16)8-25-14(23)11-6-7-12(17)26-11/h2-7H,8H2,1H3,(H3,18,19,20,21,22). The van der Waals surface area contributed by atoms with Crippen molar-refractivity contribution in [1.29, 1.82) is 0 Å². The molecule has 0 unspecified atom stereocenters. The number of halogens is 1. The lowest BCUT2D eigenvalue weighted by molar-refractivity contribution is 0.0468. The van der Waals surface area contributed by atoms with Gasteiger partial charge in [-0.1, -0.05) is 23.7 Å². The number of aromatic nitrogens is 3. The number of carbonyl (C=O) groups excluding carboxylic acids is 1. The molecule has 3 rings (SSSR count). The van der Waals surface area contributed by atoms with Crippen molar-refractivity contribution in [2.75, 3.05) is 18.2 Å². The number of anilines is 3. The number of benzene rings is 1. The van der Waals surface area contributed by atoms with Crippen LogP contribution in [0.5, 0.6) is 5.75 Å². The predicted molar refractivity (Wildman–Crippen MR) is 99.0 cm³/mol. The quantitative estimate of drug-likeness (QED) is 0.615. The highest BCUT2D eigenvalue weighted by Gasteiger charge is 2.13. The van der Waals surface area contributed by atoms with Crippen LogP contribution in [0.2, 0.25) is 4.34 Å². The normalized spacial score (nSPS) is 10.4. The molecule has 0 saturated heterocycles. The first-order valence-corrected chi connectivity index (χ1v) is 8.57. The van der Waals surface area contributed by atoms with Crippen LogP contribution in [0.3, 0.4) is 0 Å². The molecule has 0 aliphatic carbocycles. The van der Waals surface area contributed by atoms with Gasteiger partial charge in [-0.2, -0.15) is 15.0 Å². The number of hydrogen-bond acceptors (Lipinski definition) is 9. The molecule has 0 atom stereocenters. The number of nitrogens with one attached hydrogen (secondary N) is 1. The van der Waals surface area contributed by atoms with Crippen LogP contribution in [0.15, 0.2) is 36.4 Å². The minimum Gasteiger partial charge on any atom is -0.495 e. The molecule has 0 fully saturated rings. The monoisotopic (exact) mass is 391 g/mol. The molecule has 26 heavy (non-hydrogen) atoms. The van der Waals surface area contributed by atoms with Crippen molar-refractivity contribution in [2.24, 2.45) is 0 Å². The summed E-state index contributed by atoms with van der Waals surface area (Å²) in [5.74, 6) is 0.537. The second-order valence-corrected chi connectivity index (χ2v) is 6.65. The summed E-state index contributed by atoms with van der Waals surface area (Å²) in [6.45, 7) is -0.151. The van der Waals surface area contributed by atoms with E-state index in [9.17, 15) is 4.79 Å². The van der Waals surface area contributed by atoms with Crippen molar-refractivity contribution in [3.63, 3.8) is 0 Å². The molecule has 0 amide bonds. The number of thiophene rings is 1. The van der Waals surface area contributed by atoms with E-state index >= 15 is 0 Å². The van der Waals surface area contributed by atoms with Gasteiger partial charge in [-0.3, -0.25) is 0 Å². The van der Waals surface area contributed by atoms with Crippen LogP contribution in [0.1, 0.15) is 15.5 Å². The van der Waals surface area contributed by atoms with Gasteiger partial charge in [0.15, 0.2) is 12.4 Å². The van der Waals surface area contributed by atoms with Crippen molar-refractivity contribution in [2.45, 2.75) is 6.61 Å². The van der Waals surface area contributed by atoms with Crippen molar-refractivity contribution in [3.05, 3.63) is 51.4 Å². The fourth-order valence-corrected chi connectivity index (χ4v) is 2.99. The number of carbonyl (C=O) groups is 1. The minimum atomic E-state index is -0.514. The number of nitrogens with two attached hydrogens (primary N) is 1. The molecule has 8 nitrogen and oxygen atoms in total. The Labute approximate surface area is 158 Å². The van der Waals surface area contributed by atoms with Crippen molar-refractivity contribution >= 4 is 46.5 Å². The molecule has 2 heterocycles. The third-order valence-corrected chi connectivity index (χ3v) is 4.37. The summed E-state index contributed by atoms with van der Waals surface area (Å²) in [4.78, 5) is 24.6. The Morgan fingerprint density at radius 3 is 2.77 bits per heavy atom. The summed E-state index contributed by atoms with van der Waals surface area (Å²) < 4.78 is 11.0. The predicted octanol–water partition coefficient (Wildman–Crippen LogP) is 3.28. The van der Waals surface area contributed by atoms with Crippen LogP contribution in [0.4, 0.5) is 17.6 Å². The first-order valence-electron chi connectivity index (χ1n) is 7.38. The van der Waals surface area contributed by atoms with Gasteiger partial charge < -0.3 is 20.5 Å². The summed E-state index contributed by atoms with van der Waals surface area (Å²) in [7, 11) is 1.56. The lowest BCUT2D eigenvalue weighted by Crippen LogP contribution is -2.10. The zero-order valence-electron chi connectivity index (χ0n) is 13.6. The molecule has 1 aromatic carbocycles. The Bertz CT molecular complexity index is 934. The van der Waals surface area contributed by atoms with Crippen LogP contribution in [0, 0.1) is 0 Å². The Balaban J connectivity index is 1.72. The minimum absolute atomic E-state index is 0.00242. The van der Waals surface area contributed by atoms with Gasteiger partial charge in [0.05, 0.1) is 17.1 Å². The van der Waals surface area contributed by atoms with E-state index in [1.54, 1.807) is 31.4 Å². The smallest absolute Gasteiger partial charge is 0.348 e. The average Bonchev–Trinajstić information content (AvgIpc) is 3.06. The number of hydrogen-bond donors (Lipinski definition) is 2. The highest BCUT2D eigenvalue weighted by molar-refractivity contribution is 7.17. The highest BCUT2D eigenvalue weighted by atomic mass is 35.5. The third kappa shape index (κ3) is 4.38. The van der Waals surface area contributed by atoms with E-state index < -0.39 is 5.97 Å². The van der Waals surface area contributed by atoms with Gasteiger partial charge in [0.25, 0.3) is 0 Å². The number of para-hydroxylation sites is 2. The van der Waals surface area contributed by atoms with Gasteiger partial charge in [-0.25, -0.2) is 4.79 Å². The van der Waals surface area contributed by atoms with Crippen LogP contribution in [-0.4, -0.2) is 28.0 Å². The first-order chi connectivity index (χ1) is 12.5. The highest BCUT2D eigenvalue weighted by Crippen LogP contribution is 2.26. The van der Waals surface area contributed by atoms with Crippen molar-refractivity contribution in [3.8, 4) is 5.75 Å². The summed E-state index contributed by atoms with van der Waals surface area (Å²) >= 11 is 6.94. The van der Waals surface area contributed by atoms with Gasteiger partial charge in [-0.05, 0) is 24.3 Å². The fourth-order valence-electron chi connectivity index (χ4n) is 2.05. The number of nitrogens with zero attached hydrogens (tertiary/aromatic N) is 3. The lowest BCUT2D eigenvalue weighted by Gasteiger charge is -2.10. The summed E-state index contributed by atoms with van der Waals surface area (Å²) in [5, 5.41) is 3.00. The molecule has 0 radical (unpaired) electrons. The lowest BCUT2D eigenvalue weighted by atomic mass is 10.3. The van der Waals surface area contributed by atoms with E-state index in [1.165, 1.54) is 0 Å². The Morgan fingerprint density at radius 1 is 1.23 bits per heavy atom. The molecule has 2 aromatic heterocycles. The van der Waals surface area contributed by atoms with Gasteiger partial charge in [-0.15, -0.1) is 11.3 Å². The Hall–Kier alpha value is -2.91. The molecule has 3 N–H and O–H groups in total. The van der Waals surface area contributed by atoms with Crippen molar-refractivity contribution in [1.82, 2.24) is 15.0 Å². The summed E-state index contributed by atoms with van der Waals surface area (Å²) in [6, 6.07) is 10.5.